The molecule has 2 fully saturated rings. The van der Waals surface area contributed by atoms with Crippen molar-refractivity contribution < 1.29 is 29.9 Å². The van der Waals surface area contributed by atoms with Crippen molar-refractivity contribution in [3.8, 4) is 23.7 Å². The van der Waals surface area contributed by atoms with Gasteiger partial charge in [0.25, 0.3) is 11.1 Å². The van der Waals surface area contributed by atoms with Crippen molar-refractivity contribution in [2.45, 2.75) is 49.7 Å². The van der Waals surface area contributed by atoms with Crippen LogP contribution in [0.15, 0.2) is 55.8 Å². The van der Waals surface area contributed by atoms with Crippen LogP contribution in [0.4, 0.5) is 0 Å². The minimum absolute atomic E-state index is 0.0116. The molecule has 2 aliphatic heterocycles. The van der Waals surface area contributed by atoms with Crippen molar-refractivity contribution >= 4 is 0 Å². The van der Waals surface area contributed by atoms with E-state index in [0.717, 1.165) is 9.13 Å². The van der Waals surface area contributed by atoms with Gasteiger partial charge in [-0.1, -0.05) is 23.7 Å². The summed E-state index contributed by atoms with van der Waals surface area (Å²) in [7, 11) is 0. The van der Waals surface area contributed by atoms with Gasteiger partial charge in [0.1, 0.15) is 35.8 Å². The summed E-state index contributed by atoms with van der Waals surface area (Å²) >= 11 is 0. The monoisotopic (exact) mass is 578 g/mol. The largest absolute Gasteiger partial charge is 0.394 e. The van der Waals surface area contributed by atoms with E-state index in [1.54, 1.807) is 24.3 Å². The van der Waals surface area contributed by atoms with Crippen molar-refractivity contribution in [3.05, 3.63) is 101 Å². The van der Waals surface area contributed by atoms with Crippen molar-refractivity contribution in [1.29, 1.82) is 0 Å². The summed E-state index contributed by atoms with van der Waals surface area (Å²) in [4.78, 5) is 53.5. The zero-order chi connectivity index (χ0) is 30.0. The number of aromatic nitrogens is 4. The lowest BCUT2D eigenvalue weighted by molar-refractivity contribution is -0.0459. The van der Waals surface area contributed by atoms with Crippen LogP contribution in [0.5, 0.6) is 0 Å². The quantitative estimate of drug-likeness (QED) is 0.179. The fourth-order valence-electron chi connectivity index (χ4n) is 4.59. The molecule has 6 atom stereocenters. The van der Waals surface area contributed by atoms with Crippen molar-refractivity contribution in [1.82, 2.24) is 19.1 Å². The zero-order valence-electron chi connectivity index (χ0n) is 21.9. The Hall–Kier alpha value is -4.54. The highest BCUT2D eigenvalue weighted by molar-refractivity contribution is 5.46. The summed E-state index contributed by atoms with van der Waals surface area (Å²) in [6, 6.07) is 6.55. The third-order valence-corrected chi connectivity index (χ3v) is 6.89. The topological polar surface area (TPSA) is 209 Å². The zero-order valence-corrected chi connectivity index (χ0v) is 21.9. The lowest BCUT2D eigenvalue weighted by atomic mass is 10.1. The molecule has 4 heterocycles. The number of hydrogen-bond donors (Lipinski definition) is 6. The van der Waals surface area contributed by atoms with Gasteiger partial charge in [0.05, 0.1) is 25.4 Å². The summed E-state index contributed by atoms with van der Waals surface area (Å²) in [5.41, 5.74) is -1.84. The minimum atomic E-state index is -0.963. The van der Waals surface area contributed by atoms with Gasteiger partial charge in [0.2, 0.25) is 0 Å². The number of H-pyrrole nitrogens is 2. The Balaban J connectivity index is 1.33. The van der Waals surface area contributed by atoms with Crippen LogP contribution in [0.2, 0.25) is 0 Å². The molecule has 2 aromatic heterocycles. The molecule has 14 heteroatoms. The predicted molar refractivity (Wildman–Crippen MR) is 144 cm³/mol. The van der Waals surface area contributed by atoms with Gasteiger partial charge in [-0.3, -0.25) is 28.7 Å². The Bertz CT molecular complexity index is 1700. The van der Waals surface area contributed by atoms with Crippen LogP contribution in [0.1, 0.15) is 47.6 Å². The molecule has 2 saturated heterocycles. The van der Waals surface area contributed by atoms with Crippen LogP contribution < -0.4 is 22.5 Å². The van der Waals surface area contributed by atoms with Crippen LogP contribution in [0.25, 0.3) is 0 Å². The normalized spacial score (nSPS) is 25.0. The Morgan fingerprint density at radius 1 is 0.690 bits per heavy atom. The molecule has 1 aromatic carbocycles. The van der Waals surface area contributed by atoms with Gasteiger partial charge in [0, 0.05) is 36.4 Å². The first-order valence-corrected chi connectivity index (χ1v) is 12.9. The Labute approximate surface area is 236 Å². The van der Waals surface area contributed by atoms with Crippen LogP contribution in [0.3, 0.4) is 0 Å². The summed E-state index contributed by atoms with van der Waals surface area (Å²) in [6.45, 7) is -0.837. The second kappa shape index (κ2) is 12.1. The smallest absolute Gasteiger partial charge is 0.330 e. The highest BCUT2D eigenvalue weighted by Gasteiger charge is 2.36. The fourth-order valence-corrected chi connectivity index (χ4v) is 4.59. The van der Waals surface area contributed by atoms with E-state index in [9.17, 15) is 39.6 Å². The average molecular weight is 579 g/mol. The van der Waals surface area contributed by atoms with Gasteiger partial charge in [-0.2, -0.15) is 0 Å². The lowest BCUT2D eigenvalue weighted by Gasteiger charge is -2.14. The number of benzene rings is 1. The third kappa shape index (κ3) is 6.05. The first-order chi connectivity index (χ1) is 20.2. The number of ether oxygens (including phenoxy) is 2. The van der Waals surface area contributed by atoms with Crippen molar-refractivity contribution in [2.75, 3.05) is 13.2 Å². The van der Waals surface area contributed by atoms with Crippen molar-refractivity contribution in [2.24, 2.45) is 0 Å². The van der Waals surface area contributed by atoms with E-state index in [1.807, 2.05) is 0 Å². The first kappa shape index (κ1) is 29.0. The van der Waals surface area contributed by atoms with Gasteiger partial charge in [-0.25, -0.2) is 9.59 Å². The second-order valence-corrected chi connectivity index (χ2v) is 9.73. The van der Waals surface area contributed by atoms with Gasteiger partial charge >= 0.3 is 11.4 Å². The van der Waals surface area contributed by atoms with E-state index in [2.05, 4.69) is 33.6 Å². The molecule has 2 aliphatic rings. The Morgan fingerprint density at radius 3 is 1.40 bits per heavy atom. The number of hydrogen-bond acceptors (Lipinski definition) is 10. The molecule has 14 nitrogen and oxygen atoms in total. The number of nitrogens with zero attached hydrogens (tertiary/aromatic N) is 2. The standard InChI is InChI=1S/C28H26N4O10/c33-13-21-19(35)9-23(41-21)31-11-17(25(37)29-27(31)39)7-5-15-1-2-16(4-3-15)6-8-18-12-32(28(40)30-26(18)38)24-10-20(36)22(14-34)42-24/h1-4,11-12,19-24,33-36H,9-10,13-14H2,(H,29,37,39)(H,30,38,40)/t19-,20-,21+,22+,23+,24+/m0/s1. The molecule has 0 radical (unpaired) electrons. The SMILES string of the molecule is O=c1[nH]c(=O)n([C@H]2C[C@H](O)[C@@H](CO)O2)cc1C#Cc1ccc(C#Cc2cn([C@H]3C[C@H](O)[C@@H](CO)O3)c(=O)[nH]c2=O)cc1. The molecule has 42 heavy (non-hydrogen) atoms. The van der Waals surface area contributed by atoms with Gasteiger partial charge in [-0.15, -0.1) is 0 Å². The first-order valence-electron chi connectivity index (χ1n) is 12.9. The number of rotatable bonds is 4. The average Bonchev–Trinajstić information content (AvgIpc) is 3.53. The maximum atomic E-state index is 12.3. The fraction of sp³-hybridized carbons (Fsp3) is 0.357. The molecule has 0 saturated carbocycles. The van der Waals surface area contributed by atoms with E-state index >= 15 is 0 Å². The maximum Gasteiger partial charge on any atom is 0.330 e. The Kier molecular flexibility index (Phi) is 8.37. The molecule has 0 amide bonds. The van der Waals surface area contributed by atoms with Gasteiger partial charge in [0.15, 0.2) is 0 Å². The molecular formula is C28H26N4O10. The molecule has 0 spiro atoms. The van der Waals surface area contributed by atoms with E-state index in [-0.39, 0.29) is 24.0 Å². The number of aliphatic hydroxyl groups excluding tert-OH is 4. The molecule has 3 aromatic rings. The van der Waals surface area contributed by atoms with Crippen LogP contribution in [-0.2, 0) is 9.47 Å². The van der Waals surface area contributed by atoms with E-state index in [1.165, 1.54) is 12.4 Å². The van der Waals surface area contributed by atoms with Crippen LogP contribution in [-0.4, -0.2) is 77.2 Å². The van der Waals surface area contributed by atoms with Crippen LogP contribution in [0, 0.1) is 23.7 Å². The summed E-state index contributed by atoms with van der Waals surface area (Å²) in [5.74, 6) is 11.1. The minimum Gasteiger partial charge on any atom is -0.394 e. The van der Waals surface area contributed by atoms with Gasteiger partial charge < -0.3 is 29.9 Å². The van der Waals surface area contributed by atoms with E-state index in [4.69, 9.17) is 9.47 Å². The van der Waals surface area contributed by atoms with E-state index < -0.39 is 72.6 Å². The number of nitrogens with one attached hydrogen (secondary N) is 2. The molecule has 0 unspecified atom stereocenters. The van der Waals surface area contributed by atoms with Crippen molar-refractivity contribution in [3.63, 3.8) is 0 Å². The summed E-state index contributed by atoms with van der Waals surface area (Å²) in [6.07, 6.45) is -2.77. The molecule has 5 rings (SSSR count). The second-order valence-electron chi connectivity index (χ2n) is 9.73. The molecule has 0 bridgehead atoms. The summed E-state index contributed by atoms with van der Waals surface area (Å²) in [5, 5.41) is 38.5. The molecular weight excluding hydrogens is 552 g/mol. The highest BCUT2D eigenvalue weighted by Crippen LogP contribution is 2.28. The molecule has 0 aliphatic carbocycles. The number of aliphatic hydroxyl groups is 4. The molecule has 6 N–H and O–H groups in total. The number of aromatic amines is 2. The third-order valence-electron chi connectivity index (χ3n) is 6.89. The van der Waals surface area contributed by atoms with Crippen LogP contribution >= 0.6 is 0 Å². The predicted octanol–water partition coefficient (Wildman–Crippen LogP) is -2.53. The highest BCUT2D eigenvalue weighted by atomic mass is 16.5. The van der Waals surface area contributed by atoms with E-state index in [0.29, 0.717) is 11.1 Å². The lowest BCUT2D eigenvalue weighted by Crippen LogP contribution is -2.33. The Morgan fingerprint density at radius 2 is 1.07 bits per heavy atom. The molecule has 218 valence electrons. The maximum absolute atomic E-state index is 12.3. The summed E-state index contributed by atoms with van der Waals surface area (Å²) < 4.78 is 13.2. The van der Waals surface area contributed by atoms with Gasteiger partial charge in [-0.05, 0) is 24.3 Å².